The molecule has 5 rings (SSSR count). The number of hydrogen-bond donors (Lipinski definition) is 1. The van der Waals surface area contributed by atoms with Crippen molar-refractivity contribution in [1.82, 2.24) is 0 Å². The Balaban J connectivity index is 1.63. The number of benzene rings is 1. The van der Waals surface area contributed by atoms with Gasteiger partial charge in [0.25, 0.3) is 6.48 Å². The second-order valence-corrected chi connectivity index (χ2v) is 14.5. The summed E-state index contributed by atoms with van der Waals surface area (Å²) in [7, 11) is -2.16. The van der Waals surface area contributed by atoms with Gasteiger partial charge in [-0.2, -0.15) is 0 Å². The van der Waals surface area contributed by atoms with Crippen molar-refractivity contribution in [1.29, 1.82) is 0 Å². The van der Waals surface area contributed by atoms with E-state index in [1.165, 1.54) is 6.08 Å². The summed E-state index contributed by atoms with van der Waals surface area (Å²) < 4.78 is 30.7. The highest BCUT2D eigenvalue weighted by molar-refractivity contribution is 6.74. The summed E-state index contributed by atoms with van der Waals surface area (Å²) in [5.74, 6) is 0. The average Bonchev–Trinajstić information content (AvgIpc) is 2.67. The van der Waals surface area contributed by atoms with E-state index in [1.807, 2.05) is 30.3 Å². The van der Waals surface area contributed by atoms with Crippen LogP contribution in [-0.2, 0) is 30.0 Å². The van der Waals surface area contributed by atoms with Gasteiger partial charge in [-0.15, -0.1) is 6.58 Å². The zero-order chi connectivity index (χ0) is 21.0. The highest BCUT2D eigenvalue weighted by Crippen LogP contribution is 2.50. The third-order valence-electron chi connectivity index (χ3n) is 6.79. The van der Waals surface area contributed by atoms with Crippen molar-refractivity contribution >= 4 is 8.32 Å². The molecule has 0 aromatic heterocycles. The first-order valence-corrected chi connectivity index (χ1v) is 13.1. The van der Waals surface area contributed by atoms with Crippen LogP contribution in [0.1, 0.15) is 26.3 Å². The molecule has 4 bridgehead atoms. The molecule has 3 saturated heterocycles. The predicted molar refractivity (Wildman–Crippen MR) is 111 cm³/mol. The van der Waals surface area contributed by atoms with E-state index in [4.69, 9.17) is 23.4 Å². The van der Waals surface area contributed by atoms with E-state index in [0.717, 1.165) is 5.56 Å². The van der Waals surface area contributed by atoms with Crippen LogP contribution >= 0.6 is 0 Å². The maximum absolute atomic E-state index is 11.5. The van der Waals surface area contributed by atoms with Crippen LogP contribution in [-0.4, -0.2) is 56.0 Å². The maximum Gasteiger partial charge on any atom is 0.273 e. The average molecular weight is 421 g/mol. The van der Waals surface area contributed by atoms with Crippen LogP contribution in [0.3, 0.4) is 0 Å². The van der Waals surface area contributed by atoms with Crippen molar-refractivity contribution in [3.05, 3.63) is 48.6 Å². The van der Waals surface area contributed by atoms with E-state index in [2.05, 4.69) is 40.4 Å². The normalized spacial score (nSPS) is 39.0. The molecule has 0 amide bonds. The zero-order valence-corrected chi connectivity index (χ0v) is 18.8. The van der Waals surface area contributed by atoms with Gasteiger partial charge in [0, 0.05) is 0 Å². The fourth-order valence-electron chi connectivity index (χ4n) is 4.04. The Morgan fingerprint density at radius 3 is 2.31 bits per heavy atom. The molecule has 3 aliphatic heterocycles. The standard InChI is InChI=1S/C22H32O6Si/c1-7-22(23)18-16(24-13-14-11-9-8-10-12-14)15-17(19(22)27-20(25-15)26-18)28-29(5,6)21(2,3)4/h7-12,15-20,23H,1,13H2,2-6H3/t15-,16+,17+,18-,19+,20+,22-/m0/s1. The van der Waals surface area contributed by atoms with Gasteiger partial charge >= 0.3 is 0 Å². The van der Waals surface area contributed by atoms with Gasteiger partial charge in [0.2, 0.25) is 0 Å². The van der Waals surface area contributed by atoms with Crippen molar-refractivity contribution in [2.75, 3.05) is 0 Å². The van der Waals surface area contributed by atoms with E-state index >= 15 is 0 Å². The van der Waals surface area contributed by atoms with E-state index in [0.29, 0.717) is 6.61 Å². The number of hydrogen-bond acceptors (Lipinski definition) is 6. The summed E-state index contributed by atoms with van der Waals surface area (Å²) in [6.45, 7) is 14.4. The van der Waals surface area contributed by atoms with Crippen molar-refractivity contribution in [2.24, 2.45) is 0 Å². The summed E-state index contributed by atoms with van der Waals surface area (Å²) in [5, 5.41) is 11.5. The Morgan fingerprint density at radius 2 is 1.72 bits per heavy atom. The van der Waals surface area contributed by atoms with Crippen LogP contribution < -0.4 is 0 Å². The summed E-state index contributed by atoms with van der Waals surface area (Å²) in [4.78, 5) is 0. The number of aliphatic hydroxyl groups is 1. The lowest BCUT2D eigenvalue weighted by Gasteiger charge is -2.62. The van der Waals surface area contributed by atoms with Crippen LogP contribution in [0.15, 0.2) is 43.0 Å². The second kappa shape index (κ2) is 7.27. The van der Waals surface area contributed by atoms with Gasteiger partial charge in [-0.1, -0.05) is 57.2 Å². The van der Waals surface area contributed by atoms with Crippen LogP contribution in [0.25, 0.3) is 0 Å². The lowest BCUT2D eigenvalue weighted by atomic mass is 9.73. The first kappa shape index (κ1) is 21.2. The fraction of sp³-hybridized carbons (Fsp3) is 0.636. The zero-order valence-electron chi connectivity index (χ0n) is 17.8. The Bertz CT molecular complexity index is 747. The molecule has 29 heavy (non-hydrogen) atoms. The summed E-state index contributed by atoms with van der Waals surface area (Å²) >= 11 is 0. The van der Waals surface area contributed by atoms with Crippen LogP contribution in [0.2, 0.25) is 18.1 Å². The van der Waals surface area contributed by atoms with Crippen LogP contribution in [0.5, 0.6) is 0 Å². The molecule has 1 aliphatic carbocycles. The van der Waals surface area contributed by atoms with Crippen LogP contribution in [0.4, 0.5) is 0 Å². The molecule has 3 heterocycles. The lowest BCUT2D eigenvalue weighted by molar-refractivity contribution is -0.494. The SMILES string of the molecule is C=C[C@@]1(O)[C@@H]2O[C@@H]3O[C@H]([C@H]2O[Si](C)(C)C(C)(C)C)[C@@H](OCc2ccccc2)[C@@H]1O3. The van der Waals surface area contributed by atoms with Gasteiger partial charge in [0.15, 0.2) is 8.32 Å². The molecule has 7 heteroatoms. The molecule has 0 unspecified atom stereocenters. The van der Waals surface area contributed by atoms with E-state index in [9.17, 15) is 5.11 Å². The van der Waals surface area contributed by atoms with Gasteiger partial charge in [-0.3, -0.25) is 0 Å². The lowest BCUT2D eigenvalue weighted by Crippen LogP contribution is -2.81. The topological polar surface area (TPSA) is 66.4 Å². The van der Waals surface area contributed by atoms with Crippen molar-refractivity contribution in [3.63, 3.8) is 0 Å². The molecular formula is C22H32O6Si. The Morgan fingerprint density at radius 1 is 1.10 bits per heavy atom. The molecule has 7 atom stereocenters. The van der Waals surface area contributed by atoms with Crippen molar-refractivity contribution in [3.8, 4) is 0 Å². The van der Waals surface area contributed by atoms with Gasteiger partial charge < -0.3 is 28.5 Å². The minimum atomic E-state index is -2.16. The monoisotopic (exact) mass is 420 g/mol. The van der Waals surface area contributed by atoms with E-state index < -0.39 is 44.8 Å². The first-order chi connectivity index (χ1) is 13.6. The molecule has 4 aliphatic rings. The van der Waals surface area contributed by atoms with Crippen molar-refractivity contribution < 1.29 is 28.5 Å². The Hall–Kier alpha value is -1.06. The molecule has 0 spiro atoms. The van der Waals surface area contributed by atoms with E-state index in [-0.39, 0.29) is 11.1 Å². The van der Waals surface area contributed by atoms with E-state index in [1.54, 1.807) is 0 Å². The van der Waals surface area contributed by atoms with Gasteiger partial charge in [-0.25, -0.2) is 0 Å². The molecule has 4 fully saturated rings. The van der Waals surface area contributed by atoms with Crippen molar-refractivity contribution in [2.45, 2.75) is 88.1 Å². The second-order valence-electron chi connectivity index (χ2n) is 9.70. The molecule has 160 valence electrons. The molecule has 1 saturated carbocycles. The molecule has 1 aromatic rings. The third kappa shape index (κ3) is 3.52. The van der Waals surface area contributed by atoms with Crippen LogP contribution in [0, 0.1) is 0 Å². The summed E-state index contributed by atoms with van der Waals surface area (Å²) in [6, 6.07) is 9.92. The summed E-state index contributed by atoms with van der Waals surface area (Å²) in [5.41, 5.74) is -0.368. The predicted octanol–water partition coefficient (Wildman–Crippen LogP) is 3.36. The molecule has 6 nitrogen and oxygen atoms in total. The Kier molecular flexibility index (Phi) is 5.31. The molecule has 1 N–H and O–H groups in total. The van der Waals surface area contributed by atoms with Gasteiger partial charge in [0.05, 0.1) is 6.61 Å². The first-order valence-electron chi connectivity index (χ1n) is 10.2. The Labute approximate surface area is 173 Å². The quantitative estimate of drug-likeness (QED) is 0.562. The molecule has 0 radical (unpaired) electrons. The highest BCUT2D eigenvalue weighted by Gasteiger charge is 2.69. The third-order valence-corrected chi connectivity index (χ3v) is 11.3. The smallest absolute Gasteiger partial charge is 0.273 e. The number of ether oxygens (including phenoxy) is 4. The number of rotatable bonds is 6. The van der Waals surface area contributed by atoms with Gasteiger partial charge in [-0.05, 0) is 23.7 Å². The largest absolute Gasteiger partial charge is 0.408 e. The molecular weight excluding hydrogens is 388 g/mol. The highest BCUT2D eigenvalue weighted by atomic mass is 28.4. The van der Waals surface area contributed by atoms with Gasteiger partial charge in [0.1, 0.15) is 36.1 Å². The minimum absolute atomic E-state index is 0.00481. The minimum Gasteiger partial charge on any atom is -0.408 e. The molecule has 1 aromatic carbocycles. The maximum atomic E-state index is 11.5. The summed E-state index contributed by atoms with van der Waals surface area (Å²) in [6.07, 6.45) is -1.06. The fourth-order valence-corrected chi connectivity index (χ4v) is 5.33.